The largest absolute Gasteiger partial charge is 0.468 e. The minimum atomic E-state index is -3.71. The van der Waals surface area contributed by atoms with E-state index in [0.717, 1.165) is 10.6 Å². The van der Waals surface area contributed by atoms with E-state index < -0.39 is 10.0 Å². The Morgan fingerprint density at radius 1 is 1.07 bits per heavy atom. The highest BCUT2D eigenvalue weighted by atomic mass is 32.2. The van der Waals surface area contributed by atoms with Gasteiger partial charge in [0.05, 0.1) is 23.4 Å². The molecule has 0 aliphatic rings. The van der Waals surface area contributed by atoms with E-state index in [1.54, 1.807) is 30.0 Å². The summed E-state index contributed by atoms with van der Waals surface area (Å²) in [6, 6.07) is 16.6. The molecule has 150 valence electrons. The summed E-state index contributed by atoms with van der Waals surface area (Å²) in [5, 5.41) is 2.87. The zero-order chi connectivity index (χ0) is 20.7. The van der Waals surface area contributed by atoms with Crippen molar-refractivity contribution in [1.82, 2.24) is 4.72 Å². The second-order valence-electron chi connectivity index (χ2n) is 5.98. The van der Waals surface area contributed by atoms with Gasteiger partial charge in [-0.15, -0.1) is 18.3 Å². The Morgan fingerprint density at radius 2 is 1.83 bits per heavy atom. The van der Waals surface area contributed by atoms with E-state index in [4.69, 9.17) is 4.42 Å². The third-order valence-electron chi connectivity index (χ3n) is 3.94. The molecule has 0 aliphatic heterocycles. The summed E-state index contributed by atoms with van der Waals surface area (Å²) in [4.78, 5) is 13.6. The number of thioether (sulfide) groups is 1. The first-order valence-corrected chi connectivity index (χ1v) is 11.2. The number of rotatable bonds is 9. The van der Waals surface area contributed by atoms with Crippen LogP contribution in [0.4, 0.5) is 5.69 Å². The maximum atomic E-state index is 12.6. The molecule has 0 saturated carbocycles. The van der Waals surface area contributed by atoms with E-state index >= 15 is 0 Å². The molecule has 0 unspecified atom stereocenters. The average molecular weight is 429 g/mol. The predicted molar refractivity (Wildman–Crippen MR) is 114 cm³/mol. The lowest BCUT2D eigenvalue weighted by atomic mass is 10.2. The summed E-state index contributed by atoms with van der Waals surface area (Å²) < 4.78 is 32.3. The van der Waals surface area contributed by atoms with Gasteiger partial charge in [-0.1, -0.05) is 18.2 Å². The van der Waals surface area contributed by atoms with Crippen LogP contribution in [0.5, 0.6) is 0 Å². The highest BCUT2D eigenvalue weighted by molar-refractivity contribution is 7.99. The number of benzene rings is 2. The summed E-state index contributed by atoms with van der Waals surface area (Å²) in [5.74, 6) is 0.923. The summed E-state index contributed by atoms with van der Waals surface area (Å²) >= 11 is 1.57. The highest BCUT2D eigenvalue weighted by Gasteiger charge is 2.16. The topological polar surface area (TPSA) is 88.4 Å². The molecule has 8 heteroatoms. The first-order valence-electron chi connectivity index (χ1n) is 8.76. The van der Waals surface area contributed by atoms with Crippen molar-refractivity contribution in [1.29, 1.82) is 0 Å². The lowest BCUT2D eigenvalue weighted by molar-refractivity contribution is 0.102. The number of carbonyl (C=O) groups excluding carboxylic acids is 1. The number of sulfonamides is 1. The molecule has 3 rings (SSSR count). The molecule has 2 N–H and O–H groups in total. The molecule has 6 nitrogen and oxygen atoms in total. The van der Waals surface area contributed by atoms with Gasteiger partial charge in [-0.3, -0.25) is 4.79 Å². The van der Waals surface area contributed by atoms with Gasteiger partial charge in [-0.25, -0.2) is 13.1 Å². The quantitative estimate of drug-likeness (QED) is 0.392. The summed E-state index contributed by atoms with van der Waals surface area (Å²) in [6.45, 7) is 3.75. The van der Waals surface area contributed by atoms with E-state index in [-0.39, 0.29) is 17.3 Å². The minimum Gasteiger partial charge on any atom is -0.468 e. The van der Waals surface area contributed by atoms with Crippen molar-refractivity contribution in [2.75, 3.05) is 11.1 Å². The van der Waals surface area contributed by atoms with Crippen molar-refractivity contribution in [3.8, 4) is 0 Å². The van der Waals surface area contributed by atoms with E-state index in [9.17, 15) is 13.2 Å². The van der Waals surface area contributed by atoms with Gasteiger partial charge in [0.15, 0.2) is 0 Å². The van der Waals surface area contributed by atoms with E-state index in [1.807, 2.05) is 24.3 Å². The Hall–Kier alpha value is -2.81. The van der Waals surface area contributed by atoms with E-state index in [0.29, 0.717) is 17.0 Å². The molecular weight excluding hydrogens is 408 g/mol. The Balaban J connectivity index is 1.68. The molecule has 0 saturated heterocycles. The van der Waals surface area contributed by atoms with Crippen molar-refractivity contribution >= 4 is 33.4 Å². The SMILES string of the molecule is C=CCSc1ccccc1NC(=O)c1ccc(S(=O)(=O)NCc2ccco2)cc1. The smallest absolute Gasteiger partial charge is 0.255 e. The van der Waals surface area contributed by atoms with Gasteiger partial charge in [0.25, 0.3) is 5.91 Å². The lowest BCUT2D eigenvalue weighted by Gasteiger charge is -2.11. The van der Waals surface area contributed by atoms with E-state index in [2.05, 4.69) is 16.6 Å². The summed E-state index contributed by atoms with van der Waals surface area (Å²) in [5.41, 5.74) is 1.06. The van der Waals surface area contributed by atoms with Gasteiger partial charge >= 0.3 is 0 Å². The lowest BCUT2D eigenvalue weighted by Crippen LogP contribution is -2.23. The summed E-state index contributed by atoms with van der Waals surface area (Å²) in [7, 11) is -3.71. The fraction of sp³-hybridized carbons (Fsp3) is 0.0952. The number of furan rings is 1. The first-order chi connectivity index (χ1) is 14.0. The third-order valence-corrected chi connectivity index (χ3v) is 6.42. The van der Waals surface area contributed by atoms with Gasteiger partial charge in [-0.05, 0) is 48.5 Å². The molecule has 1 heterocycles. The van der Waals surface area contributed by atoms with Crippen LogP contribution in [-0.4, -0.2) is 20.1 Å². The van der Waals surface area contributed by atoms with Gasteiger partial charge in [0.2, 0.25) is 10.0 Å². The van der Waals surface area contributed by atoms with Crippen LogP contribution in [0.15, 0.2) is 93.8 Å². The second-order valence-corrected chi connectivity index (χ2v) is 8.81. The molecule has 0 spiro atoms. The number of anilines is 1. The third kappa shape index (κ3) is 5.60. The Morgan fingerprint density at radius 3 is 2.52 bits per heavy atom. The zero-order valence-corrected chi connectivity index (χ0v) is 17.1. The zero-order valence-electron chi connectivity index (χ0n) is 15.5. The molecular formula is C21H20N2O4S2. The second kappa shape index (κ2) is 9.60. The summed E-state index contributed by atoms with van der Waals surface area (Å²) in [6.07, 6.45) is 3.27. The fourth-order valence-corrected chi connectivity index (χ4v) is 4.23. The van der Waals surface area contributed by atoms with Crippen LogP contribution in [0.3, 0.4) is 0 Å². The number of carbonyl (C=O) groups is 1. The number of para-hydroxylation sites is 1. The van der Waals surface area contributed by atoms with E-state index in [1.165, 1.54) is 30.5 Å². The van der Waals surface area contributed by atoms with Gasteiger partial charge in [0.1, 0.15) is 5.76 Å². The normalized spacial score (nSPS) is 11.2. The molecule has 2 aromatic carbocycles. The fourth-order valence-electron chi connectivity index (χ4n) is 2.49. The van der Waals surface area contributed by atoms with Crippen LogP contribution in [0.1, 0.15) is 16.1 Å². The number of nitrogens with one attached hydrogen (secondary N) is 2. The number of hydrogen-bond donors (Lipinski definition) is 2. The van der Waals surface area contributed by atoms with Gasteiger partial charge in [-0.2, -0.15) is 0 Å². The molecule has 3 aromatic rings. The minimum absolute atomic E-state index is 0.0523. The first kappa shape index (κ1) is 20.9. The molecule has 29 heavy (non-hydrogen) atoms. The van der Waals surface area contributed by atoms with Crippen molar-refractivity contribution in [3.05, 3.63) is 90.9 Å². The molecule has 0 fully saturated rings. The maximum Gasteiger partial charge on any atom is 0.255 e. The Bertz CT molecular complexity index is 1080. The van der Waals surface area contributed by atoms with Crippen LogP contribution in [0.25, 0.3) is 0 Å². The molecule has 1 amide bonds. The van der Waals surface area contributed by atoms with Gasteiger partial charge < -0.3 is 9.73 Å². The molecule has 0 atom stereocenters. The molecule has 0 bridgehead atoms. The maximum absolute atomic E-state index is 12.6. The van der Waals surface area contributed by atoms with Crippen LogP contribution in [0, 0.1) is 0 Å². The number of hydrogen-bond acceptors (Lipinski definition) is 5. The monoisotopic (exact) mass is 428 g/mol. The molecule has 0 aliphatic carbocycles. The molecule has 1 aromatic heterocycles. The Labute approximate surface area is 174 Å². The van der Waals surface area contributed by atoms with Crippen LogP contribution >= 0.6 is 11.8 Å². The van der Waals surface area contributed by atoms with Crippen LogP contribution in [0.2, 0.25) is 0 Å². The van der Waals surface area contributed by atoms with Crippen molar-refractivity contribution in [2.45, 2.75) is 16.3 Å². The van der Waals surface area contributed by atoms with Crippen molar-refractivity contribution in [3.63, 3.8) is 0 Å². The average Bonchev–Trinajstić information content (AvgIpc) is 3.25. The molecule has 0 radical (unpaired) electrons. The standard InChI is InChI=1S/C21H20N2O4S2/c1-2-14-28-20-8-4-3-7-19(20)23-21(24)16-9-11-18(12-10-16)29(25,26)22-15-17-6-5-13-27-17/h2-13,22H,1,14-15H2,(H,23,24). The Kier molecular flexibility index (Phi) is 6.92. The number of amides is 1. The van der Waals surface area contributed by atoms with Crippen LogP contribution in [-0.2, 0) is 16.6 Å². The van der Waals surface area contributed by atoms with Crippen molar-refractivity contribution < 1.29 is 17.6 Å². The highest BCUT2D eigenvalue weighted by Crippen LogP contribution is 2.27. The van der Waals surface area contributed by atoms with Crippen molar-refractivity contribution in [2.24, 2.45) is 0 Å². The van der Waals surface area contributed by atoms with Crippen LogP contribution < -0.4 is 10.0 Å². The predicted octanol–water partition coefficient (Wildman–Crippen LogP) is 4.29. The van der Waals surface area contributed by atoms with Gasteiger partial charge in [0, 0.05) is 16.2 Å².